The minimum Gasteiger partial charge on any atom is -0.355 e. The monoisotopic (exact) mass is 291 g/mol. The van der Waals surface area contributed by atoms with Crippen LogP contribution in [0.15, 0.2) is 6.20 Å². The van der Waals surface area contributed by atoms with Crippen LogP contribution in [0.2, 0.25) is 0 Å². The van der Waals surface area contributed by atoms with Gasteiger partial charge in [0.2, 0.25) is 5.95 Å². The molecule has 0 spiro atoms. The predicted molar refractivity (Wildman–Crippen MR) is 90.7 cm³/mol. The van der Waals surface area contributed by atoms with Gasteiger partial charge in [-0.15, -0.1) is 0 Å². The van der Waals surface area contributed by atoms with Crippen molar-refractivity contribution in [3.8, 4) is 0 Å². The molecule has 1 fully saturated rings. The third-order valence-electron chi connectivity index (χ3n) is 4.78. The Bertz CT molecular complexity index is 428. The summed E-state index contributed by atoms with van der Waals surface area (Å²) in [5, 5.41) is 3.68. The molecule has 1 aromatic rings. The highest BCUT2D eigenvalue weighted by Crippen LogP contribution is 2.43. The topological polar surface area (TPSA) is 29.9 Å². The molecule has 1 aromatic heterocycles. The summed E-state index contributed by atoms with van der Waals surface area (Å²) in [5.41, 5.74) is 1.63. The fourth-order valence-corrected chi connectivity index (χ4v) is 3.90. The van der Waals surface area contributed by atoms with Gasteiger partial charge < -0.3 is 9.88 Å². The molecule has 0 aromatic carbocycles. The highest BCUT2D eigenvalue weighted by Gasteiger charge is 2.34. The van der Waals surface area contributed by atoms with Crippen molar-refractivity contribution in [3.63, 3.8) is 0 Å². The van der Waals surface area contributed by atoms with Crippen LogP contribution >= 0.6 is 0 Å². The van der Waals surface area contributed by atoms with Gasteiger partial charge in [-0.1, -0.05) is 40.0 Å². The number of hydrogen-bond donors (Lipinski definition) is 1. The van der Waals surface area contributed by atoms with Crippen molar-refractivity contribution in [1.82, 2.24) is 9.55 Å². The normalized spacial score (nSPS) is 17.6. The molecule has 0 amide bonds. The molecular weight excluding hydrogens is 258 g/mol. The Morgan fingerprint density at radius 3 is 2.67 bits per heavy atom. The van der Waals surface area contributed by atoms with Gasteiger partial charge in [0.05, 0.1) is 5.69 Å². The second kappa shape index (κ2) is 7.33. The third kappa shape index (κ3) is 4.49. The van der Waals surface area contributed by atoms with E-state index in [-0.39, 0.29) is 0 Å². The molecule has 3 nitrogen and oxygen atoms in total. The van der Waals surface area contributed by atoms with E-state index in [1.54, 1.807) is 0 Å². The number of hydrogen-bond acceptors (Lipinski definition) is 2. The lowest BCUT2D eigenvalue weighted by molar-refractivity contribution is 0.252. The summed E-state index contributed by atoms with van der Waals surface area (Å²) >= 11 is 0. The van der Waals surface area contributed by atoms with Crippen LogP contribution in [0.3, 0.4) is 0 Å². The first-order chi connectivity index (χ1) is 10.0. The van der Waals surface area contributed by atoms with Crippen LogP contribution < -0.4 is 5.32 Å². The van der Waals surface area contributed by atoms with Gasteiger partial charge in [0, 0.05) is 19.3 Å². The van der Waals surface area contributed by atoms with E-state index in [1.165, 1.54) is 44.9 Å². The maximum absolute atomic E-state index is 4.69. The first-order valence-corrected chi connectivity index (χ1v) is 8.82. The van der Waals surface area contributed by atoms with Gasteiger partial charge in [-0.3, -0.25) is 0 Å². The van der Waals surface area contributed by atoms with E-state index in [9.17, 15) is 0 Å². The van der Waals surface area contributed by atoms with E-state index >= 15 is 0 Å². The first kappa shape index (κ1) is 16.4. The molecule has 0 aliphatic heterocycles. The van der Waals surface area contributed by atoms with Gasteiger partial charge in [-0.2, -0.15) is 0 Å². The Labute approximate surface area is 130 Å². The van der Waals surface area contributed by atoms with E-state index < -0.39 is 0 Å². The zero-order chi connectivity index (χ0) is 15.3. The van der Waals surface area contributed by atoms with E-state index in [2.05, 4.69) is 48.8 Å². The van der Waals surface area contributed by atoms with Crippen molar-refractivity contribution < 1.29 is 0 Å². The fourth-order valence-electron chi connectivity index (χ4n) is 3.90. The maximum Gasteiger partial charge on any atom is 0.203 e. The molecule has 0 saturated heterocycles. The molecule has 3 heteroatoms. The summed E-state index contributed by atoms with van der Waals surface area (Å²) in [6.45, 7) is 11.2. The van der Waals surface area contributed by atoms with Crippen molar-refractivity contribution in [2.75, 3.05) is 11.9 Å². The van der Waals surface area contributed by atoms with Crippen LogP contribution in [0.5, 0.6) is 0 Å². The summed E-state index contributed by atoms with van der Waals surface area (Å²) in [4.78, 5) is 4.69. The lowest BCUT2D eigenvalue weighted by Crippen LogP contribution is -2.29. The second-order valence-electron chi connectivity index (χ2n) is 7.41. The fraction of sp³-hybridized carbons (Fsp3) is 0.833. The molecule has 0 bridgehead atoms. The van der Waals surface area contributed by atoms with Gasteiger partial charge in [0.15, 0.2) is 0 Å². The predicted octanol–water partition coefficient (Wildman–Crippen LogP) is 5.01. The standard InChI is InChI=1S/C18H33N3/c1-5-6-11-21-13-16(4)20-17(21)19-14-18(12-15(2)3)9-7-8-10-18/h13,15H,5-12,14H2,1-4H3,(H,19,20). The Kier molecular flexibility index (Phi) is 5.72. The highest BCUT2D eigenvalue weighted by molar-refractivity contribution is 5.29. The van der Waals surface area contributed by atoms with Crippen LogP contribution in [-0.2, 0) is 6.54 Å². The van der Waals surface area contributed by atoms with E-state index in [0.29, 0.717) is 5.41 Å². The molecule has 1 aliphatic rings. The average Bonchev–Trinajstić information content (AvgIpc) is 3.01. The van der Waals surface area contributed by atoms with Crippen LogP contribution in [-0.4, -0.2) is 16.1 Å². The van der Waals surface area contributed by atoms with Gasteiger partial charge in [-0.05, 0) is 43.9 Å². The molecule has 1 heterocycles. The molecule has 0 radical (unpaired) electrons. The molecule has 2 rings (SSSR count). The Morgan fingerprint density at radius 2 is 2.05 bits per heavy atom. The number of unbranched alkanes of at least 4 members (excludes halogenated alkanes) is 1. The summed E-state index contributed by atoms with van der Waals surface area (Å²) < 4.78 is 2.30. The van der Waals surface area contributed by atoms with Crippen molar-refractivity contribution in [3.05, 3.63) is 11.9 Å². The van der Waals surface area contributed by atoms with Gasteiger partial charge >= 0.3 is 0 Å². The molecule has 0 atom stereocenters. The number of rotatable bonds is 8. The largest absolute Gasteiger partial charge is 0.355 e. The van der Waals surface area contributed by atoms with Crippen molar-refractivity contribution in [1.29, 1.82) is 0 Å². The van der Waals surface area contributed by atoms with E-state index in [0.717, 1.165) is 30.6 Å². The lowest BCUT2D eigenvalue weighted by Gasteiger charge is -2.31. The first-order valence-electron chi connectivity index (χ1n) is 8.82. The van der Waals surface area contributed by atoms with Crippen molar-refractivity contribution in [2.45, 2.75) is 79.2 Å². The van der Waals surface area contributed by atoms with Crippen LogP contribution in [0.25, 0.3) is 0 Å². The van der Waals surface area contributed by atoms with E-state index in [1.807, 2.05) is 0 Å². The van der Waals surface area contributed by atoms with Gasteiger partial charge in [0.25, 0.3) is 0 Å². The Hall–Kier alpha value is -0.990. The number of aromatic nitrogens is 2. The average molecular weight is 291 g/mol. The van der Waals surface area contributed by atoms with E-state index in [4.69, 9.17) is 0 Å². The maximum atomic E-state index is 4.69. The Balaban J connectivity index is 2.00. The minimum absolute atomic E-state index is 0.504. The zero-order valence-corrected chi connectivity index (χ0v) is 14.4. The molecule has 1 N–H and O–H groups in total. The SMILES string of the molecule is CCCCn1cc(C)nc1NCC1(CC(C)C)CCCC1. The quantitative estimate of drug-likeness (QED) is 0.729. The molecule has 21 heavy (non-hydrogen) atoms. The summed E-state index contributed by atoms with van der Waals surface area (Å²) in [6.07, 6.45) is 11.5. The Morgan fingerprint density at radius 1 is 1.33 bits per heavy atom. The number of aryl methyl sites for hydroxylation is 2. The molecule has 1 saturated carbocycles. The summed E-state index contributed by atoms with van der Waals surface area (Å²) in [7, 11) is 0. The number of nitrogens with zero attached hydrogens (tertiary/aromatic N) is 2. The summed E-state index contributed by atoms with van der Waals surface area (Å²) in [5.74, 6) is 1.86. The number of imidazole rings is 1. The molecule has 1 aliphatic carbocycles. The van der Waals surface area contributed by atoms with Crippen LogP contribution in [0, 0.1) is 18.3 Å². The molecule has 120 valence electrons. The van der Waals surface area contributed by atoms with Gasteiger partial charge in [-0.25, -0.2) is 4.98 Å². The lowest BCUT2D eigenvalue weighted by atomic mass is 9.78. The number of anilines is 1. The van der Waals surface area contributed by atoms with Gasteiger partial charge in [0.1, 0.15) is 0 Å². The number of nitrogens with one attached hydrogen (secondary N) is 1. The smallest absolute Gasteiger partial charge is 0.203 e. The highest BCUT2D eigenvalue weighted by atomic mass is 15.2. The third-order valence-corrected chi connectivity index (χ3v) is 4.78. The molecular formula is C18H33N3. The van der Waals surface area contributed by atoms with Crippen molar-refractivity contribution in [2.24, 2.45) is 11.3 Å². The molecule has 0 unspecified atom stereocenters. The van der Waals surface area contributed by atoms with Crippen LogP contribution in [0.4, 0.5) is 5.95 Å². The van der Waals surface area contributed by atoms with Crippen LogP contribution in [0.1, 0.15) is 71.4 Å². The second-order valence-corrected chi connectivity index (χ2v) is 7.41. The summed E-state index contributed by atoms with van der Waals surface area (Å²) in [6, 6.07) is 0. The minimum atomic E-state index is 0.504. The van der Waals surface area contributed by atoms with Crippen molar-refractivity contribution >= 4 is 5.95 Å². The zero-order valence-electron chi connectivity index (χ0n) is 14.4.